The Morgan fingerprint density at radius 3 is 2.65 bits per heavy atom. The SMILES string of the molecule is CN=C(NCCS(=O)(=O)NCC1CCCCO1)N1CCC2(CCC2)C1.I. The molecule has 0 aromatic rings. The Morgan fingerprint density at radius 1 is 1.27 bits per heavy atom. The number of sulfonamides is 1. The van der Waals surface area contributed by atoms with E-state index in [0.717, 1.165) is 44.9 Å². The van der Waals surface area contributed by atoms with Crippen LogP contribution >= 0.6 is 24.0 Å². The van der Waals surface area contributed by atoms with E-state index in [4.69, 9.17) is 4.74 Å². The Bertz CT molecular complexity index is 575. The average Bonchev–Trinajstić information content (AvgIpc) is 3.04. The Labute approximate surface area is 174 Å². The number of likely N-dealkylation sites (tertiary alicyclic amines) is 1. The lowest BCUT2D eigenvalue weighted by Crippen LogP contribution is -2.45. The second-order valence-corrected chi connectivity index (χ2v) is 9.58. The number of guanidine groups is 1. The summed E-state index contributed by atoms with van der Waals surface area (Å²) in [5, 5.41) is 3.22. The molecule has 1 aliphatic carbocycles. The molecular formula is C17H33IN4O3S. The van der Waals surface area contributed by atoms with Gasteiger partial charge in [-0.25, -0.2) is 13.1 Å². The van der Waals surface area contributed by atoms with Crippen molar-refractivity contribution in [3.05, 3.63) is 0 Å². The molecule has 1 atom stereocenters. The third-order valence-corrected chi connectivity index (χ3v) is 7.17. The van der Waals surface area contributed by atoms with E-state index in [1.165, 1.54) is 25.7 Å². The van der Waals surface area contributed by atoms with Crippen molar-refractivity contribution < 1.29 is 13.2 Å². The zero-order valence-electron chi connectivity index (χ0n) is 15.7. The van der Waals surface area contributed by atoms with E-state index in [2.05, 4.69) is 19.9 Å². The van der Waals surface area contributed by atoms with Gasteiger partial charge in [0.1, 0.15) is 0 Å². The molecule has 3 aliphatic rings. The minimum Gasteiger partial charge on any atom is -0.377 e. The number of rotatable bonds is 6. The van der Waals surface area contributed by atoms with Gasteiger partial charge in [-0.2, -0.15) is 0 Å². The van der Waals surface area contributed by atoms with Crippen LogP contribution in [0.15, 0.2) is 4.99 Å². The average molecular weight is 500 g/mol. The van der Waals surface area contributed by atoms with E-state index in [9.17, 15) is 8.42 Å². The number of aliphatic imine (C=N–C) groups is 1. The van der Waals surface area contributed by atoms with E-state index < -0.39 is 10.0 Å². The number of nitrogens with zero attached hydrogens (tertiary/aromatic N) is 2. The third-order valence-electron chi connectivity index (χ3n) is 5.82. The summed E-state index contributed by atoms with van der Waals surface area (Å²) >= 11 is 0. The van der Waals surface area contributed by atoms with Crippen molar-refractivity contribution in [3.8, 4) is 0 Å². The quantitative estimate of drug-likeness (QED) is 0.329. The summed E-state index contributed by atoms with van der Waals surface area (Å²) < 4.78 is 32.6. The monoisotopic (exact) mass is 500 g/mol. The summed E-state index contributed by atoms with van der Waals surface area (Å²) in [6.45, 7) is 3.56. The molecule has 2 N–H and O–H groups in total. The van der Waals surface area contributed by atoms with Crippen LogP contribution in [0, 0.1) is 5.41 Å². The van der Waals surface area contributed by atoms with Crippen molar-refractivity contribution in [1.82, 2.24) is 14.9 Å². The predicted molar refractivity (Wildman–Crippen MR) is 115 cm³/mol. The fraction of sp³-hybridized carbons (Fsp3) is 0.941. The fourth-order valence-electron chi connectivity index (χ4n) is 4.09. The number of halogens is 1. The lowest BCUT2D eigenvalue weighted by atomic mass is 9.68. The first-order valence-electron chi connectivity index (χ1n) is 9.57. The Morgan fingerprint density at radius 2 is 2.08 bits per heavy atom. The number of hydrogen-bond acceptors (Lipinski definition) is 4. The summed E-state index contributed by atoms with van der Waals surface area (Å²) in [5.74, 6) is 0.882. The zero-order chi connectivity index (χ0) is 17.8. The highest BCUT2D eigenvalue weighted by Crippen LogP contribution is 2.47. The molecule has 1 spiro atoms. The first kappa shape index (κ1) is 22.2. The highest BCUT2D eigenvalue weighted by molar-refractivity contribution is 14.0. The molecule has 1 unspecified atom stereocenters. The molecule has 2 aliphatic heterocycles. The lowest BCUT2D eigenvalue weighted by molar-refractivity contribution is 0.0200. The van der Waals surface area contributed by atoms with Crippen molar-refractivity contribution >= 4 is 40.0 Å². The Balaban J connectivity index is 0.00000243. The minimum absolute atomic E-state index is 0. The summed E-state index contributed by atoms with van der Waals surface area (Å²) in [6, 6.07) is 0. The maximum absolute atomic E-state index is 12.2. The van der Waals surface area contributed by atoms with Crippen LogP contribution in [-0.2, 0) is 14.8 Å². The van der Waals surface area contributed by atoms with E-state index in [1.807, 2.05) is 0 Å². The topological polar surface area (TPSA) is 83.0 Å². The fourth-order valence-corrected chi connectivity index (χ4v) is 5.05. The summed E-state index contributed by atoms with van der Waals surface area (Å²) in [4.78, 5) is 6.60. The molecule has 0 bridgehead atoms. The Hall–Kier alpha value is -0.130. The van der Waals surface area contributed by atoms with Crippen LogP contribution in [-0.4, -0.2) is 71.0 Å². The van der Waals surface area contributed by atoms with Gasteiger partial charge in [-0.05, 0) is 43.9 Å². The van der Waals surface area contributed by atoms with E-state index >= 15 is 0 Å². The predicted octanol–water partition coefficient (Wildman–Crippen LogP) is 1.54. The van der Waals surface area contributed by atoms with Gasteiger partial charge in [0.15, 0.2) is 5.96 Å². The largest absolute Gasteiger partial charge is 0.377 e. The second kappa shape index (κ2) is 9.88. The van der Waals surface area contributed by atoms with E-state index in [-0.39, 0.29) is 35.8 Å². The van der Waals surface area contributed by atoms with Gasteiger partial charge in [-0.1, -0.05) is 6.42 Å². The van der Waals surface area contributed by atoms with Gasteiger partial charge in [0, 0.05) is 39.8 Å². The van der Waals surface area contributed by atoms with Crippen LogP contribution in [0.5, 0.6) is 0 Å². The molecular weight excluding hydrogens is 467 g/mol. The molecule has 26 heavy (non-hydrogen) atoms. The number of ether oxygens (including phenoxy) is 1. The van der Waals surface area contributed by atoms with E-state index in [0.29, 0.717) is 18.5 Å². The van der Waals surface area contributed by atoms with Crippen molar-refractivity contribution in [2.45, 2.75) is 51.0 Å². The Kier molecular flexibility index (Phi) is 8.42. The van der Waals surface area contributed by atoms with Gasteiger partial charge in [0.05, 0.1) is 11.9 Å². The van der Waals surface area contributed by atoms with Gasteiger partial charge >= 0.3 is 0 Å². The first-order valence-corrected chi connectivity index (χ1v) is 11.2. The molecule has 3 fully saturated rings. The van der Waals surface area contributed by atoms with Crippen LogP contribution < -0.4 is 10.0 Å². The molecule has 1 saturated carbocycles. The normalized spacial score (nSPS) is 25.7. The van der Waals surface area contributed by atoms with Crippen molar-refractivity contribution in [3.63, 3.8) is 0 Å². The van der Waals surface area contributed by atoms with Crippen molar-refractivity contribution in [1.29, 1.82) is 0 Å². The molecule has 3 rings (SSSR count). The van der Waals surface area contributed by atoms with Crippen molar-refractivity contribution in [2.24, 2.45) is 10.4 Å². The molecule has 152 valence electrons. The molecule has 0 radical (unpaired) electrons. The first-order chi connectivity index (χ1) is 12.0. The third kappa shape index (κ3) is 5.93. The molecule has 9 heteroatoms. The molecule has 2 heterocycles. The highest BCUT2D eigenvalue weighted by atomic mass is 127. The van der Waals surface area contributed by atoms with E-state index in [1.54, 1.807) is 7.05 Å². The molecule has 7 nitrogen and oxygen atoms in total. The lowest BCUT2D eigenvalue weighted by Gasteiger charge is -2.38. The number of hydrogen-bond donors (Lipinski definition) is 2. The van der Waals surface area contributed by atoms with Crippen LogP contribution in [0.2, 0.25) is 0 Å². The van der Waals surface area contributed by atoms with Crippen LogP contribution in [0.1, 0.15) is 44.9 Å². The number of nitrogens with one attached hydrogen (secondary N) is 2. The summed E-state index contributed by atoms with van der Waals surface area (Å²) in [7, 11) is -1.53. The van der Waals surface area contributed by atoms with Gasteiger partial charge in [-0.15, -0.1) is 24.0 Å². The van der Waals surface area contributed by atoms with Crippen LogP contribution in [0.3, 0.4) is 0 Å². The minimum atomic E-state index is -3.29. The highest BCUT2D eigenvalue weighted by Gasteiger charge is 2.43. The standard InChI is InChI=1S/C17H32N4O3S.HI/c1-18-16(21-10-8-17(14-21)6-4-7-17)19-9-12-25(22,23)20-13-15-5-2-3-11-24-15;/h15,20H,2-14H2,1H3,(H,18,19);1H. The van der Waals surface area contributed by atoms with Gasteiger partial charge in [-0.3, -0.25) is 4.99 Å². The smallest absolute Gasteiger partial charge is 0.213 e. The maximum Gasteiger partial charge on any atom is 0.213 e. The van der Waals surface area contributed by atoms with Crippen molar-refractivity contribution in [2.75, 3.05) is 45.6 Å². The summed E-state index contributed by atoms with van der Waals surface area (Å²) in [5.41, 5.74) is 0.505. The van der Waals surface area contributed by atoms with Crippen LogP contribution in [0.4, 0.5) is 0 Å². The summed E-state index contributed by atoms with van der Waals surface area (Å²) in [6.07, 6.45) is 8.36. The molecule has 0 aromatic carbocycles. The molecule has 2 saturated heterocycles. The molecule has 0 aromatic heterocycles. The maximum atomic E-state index is 12.2. The van der Waals surface area contributed by atoms with Gasteiger partial charge in [0.25, 0.3) is 0 Å². The van der Waals surface area contributed by atoms with Gasteiger partial charge < -0.3 is 15.0 Å². The second-order valence-electron chi connectivity index (χ2n) is 7.66. The van der Waals surface area contributed by atoms with Gasteiger partial charge in [0.2, 0.25) is 10.0 Å². The zero-order valence-corrected chi connectivity index (χ0v) is 18.9. The van der Waals surface area contributed by atoms with Crippen LogP contribution in [0.25, 0.3) is 0 Å². The molecule has 0 amide bonds.